The lowest BCUT2D eigenvalue weighted by Gasteiger charge is -2.39. The average Bonchev–Trinajstić information content (AvgIpc) is 2.68. The van der Waals surface area contributed by atoms with Crippen LogP contribution in [-0.2, 0) is 14.6 Å². The maximum atomic E-state index is 12.1. The van der Waals surface area contributed by atoms with Gasteiger partial charge in [0.15, 0.2) is 9.84 Å². The summed E-state index contributed by atoms with van der Waals surface area (Å²) >= 11 is 0. The van der Waals surface area contributed by atoms with Crippen molar-refractivity contribution >= 4 is 15.7 Å². The predicted molar refractivity (Wildman–Crippen MR) is 77.0 cm³/mol. The number of carbonyl (C=O) groups excluding carboxylic acids is 1. The van der Waals surface area contributed by atoms with Crippen LogP contribution < -0.4 is 5.32 Å². The monoisotopic (exact) mass is 303 g/mol. The highest BCUT2D eigenvalue weighted by Gasteiger charge is 2.37. The van der Waals surface area contributed by atoms with Gasteiger partial charge in [-0.25, -0.2) is 8.42 Å². The highest BCUT2D eigenvalue weighted by atomic mass is 32.2. The van der Waals surface area contributed by atoms with Crippen LogP contribution in [0.1, 0.15) is 45.4 Å². The molecule has 2 fully saturated rings. The summed E-state index contributed by atoms with van der Waals surface area (Å²) in [5, 5.41) is 12.6. The fourth-order valence-corrected chi connectivity index (χ4v) is 5.46. The minimum absolute atomic E-state index is 0.0357. The molecule has 1 saturated heterocycles. The Balaban J connectivity index is 1.90. The van der Waals surface area contributed by atoms with Crippen molar-refractivity contribution in [3.05, 3.63) is 0 Å². The fraction of sp³-hybridized carbons (Fsp3) is 0.929. The number of sulfone groups is 1. The number of aliphatic hydroxyl groups is 1. The van der Waals surface area contributed by atoms with Gasteiger partial charge < -0.3 is 10.4 Å². The molecular formula is C14H25NO4S. The Morgan fingerprint density at radius 3 is 2.70 bits per heavy atom. The summed E-state index contributed by atoms with van der Waals surface area (Å²) in [7, 11) is -2.93. The second-order valence-corrected chi connectivity index (χ2v) is 8.89. The van der Waals surface area contributed by atoms with E-state index in [1.807, 2.05) is 0 Å². The van der Waals surface area contributed by atoms with E-state index in [1.165, 1.54) is 0 Å². The van der Waals surface area contributed by atoms with Crippen molar-refractivity contribution in [2.24, 2.45) is 11.8 Å². The first-order valence-electron chi connectivity index (χ1n) is 7.46. The molecule has 1 aliphatic carbocycles. The molecule has 0 aromatic heterocycles. The van der Waals surface area contributed by atoms with Gasteiger partial charge in [0, 0.05) is 6.42 Å². The first kappa shape index (κ1) is 15.8. The van der Waals surface area contributed by atoms with Crippen LogP contribution in [0.25, 0.3) is 0 Å². The number of hydrogen-bond donors (Lipinski definition) is 2. The molecule has 0 bridgehead atoms. The van der Waals surface area contributed by atoms with Crippen LogP contribution in [0.5, 0.6) is 0 Å². The molecule has 0 aromatic carbocycles. The number of aliphatic hydroxyl groups excluding tert-OH is 1. The van der Waals surface area contributed by atoms with E-state index in [-0.39, 0.29) is 36.4 Å². The van der Waals surface area contributed by atoms with Crippen molar-refractivity contribution < 1.29 is 18.3 Å². The van der Waals surface area contributed by atoms with Gasteiger partial charge in [0.1, 0.15) is 0 Å². The lowest BCUT2D eigenvalue weighted by atomic mass is 9.76. The molecule has 0 radical (unpaired) electrons. The van der Waals surface area contributed by atoms with E-state index in [9.17, 15) is 18.3 Å². The van der Waals surface area contributed by atoms with Crippen LogP contribution in [0.4, 0.5) is 0 Å². The summed E-state index contributed by atoms with van der Waals surface area (Å²) in [5.41, 5.74) is -0.494. The maximum Gasteiger partial charge on any atom is 0.220 e. The Morgan fingerprint density at radius 2 is 2.15 bits per heavy atom. The average molecular weight is 303 g/mol. The molecule has 116 valence electrons. The Labute approximate surface area is 121 Å². The quantitative estimate of drug-likeness (QED) is 0.807. The summed E-state index contributed by atoms with van der Waals surface area (Å²) in [4.78, 5) is 12.1. The molecule has 2 rings (SSSR count). The number of nitrogens with one attached hydrogen (secondary N) is 1. The smallest absolute Gasteiger partial charge is 0.220 e. The minimum Gasteiger partial charge on any atom is -0.394 e. The largest absolute Gasteiger partial charge is 0.394 e. The maximum absolute atomic E-state index is 12.1. The molecule has 20 heavy (non-hydrogen) atoms. The Hall–Kier alpha value is -0.620. The van der Waals surface area contributed by atoms with Crippen LogP contribution in [0.15, 0.2) is 0 Å². The topological polar surface area (TPSA) is 83.5 Å². The van der Waals surface area contributed by atoms with Gasteiger partial charge in [-0.1, -0.05) is 19.8 Å². The first-order chi connectivity index (χ1) is 9.34. The van der Waals surface area contributed by atoms with Crippen LogP contribution >= 0.6 is 0 Å². The van der Waals surface area contributed by atoms with Crippen LogP contribution in [0.3, 0.4) is 0 Å². The molecule has 2 aliphatic rings. The molecule has 1 heterocycles. The van der Waals surface area contributed by atoms with E-state index in [0.29, 0.717) is 12.3 Å². The predicted octanol–water partition coefficient (Wildman–Crippen LogP) is 0.869. The molecule has 1 aliphatic heterocycles. The molecule has 5 nitrogen and oxygen atoms in total. The van der Waals surface area contributed by atoms with E-state index >= 15 is 0 Å². The molecule has 0 spiro atoms. The van der Waals surface area contributed by atoms with E-state index < -0.39 is 15.4 Å². The molecule has 0 aromatic rings. The lowest BCUT2D eigenvalue weighted by molar-refractivity contribution is -0.125. The molecule has 3 unspecified atom stereocenters. The van der Waals surface area contributed by atoms with Gasteiger partial charge in [0.25, 0.3) is 0 Å². The van der Waals surface area contributed by atoms with Crippen LogP contribution in [0, 0.1) is 11.8 Å². The summed E-state index contributed by atoms with van der Waals surface area (Å²) in [6.45, 7) is 2.10. The zero-order valence-electron chi connectivity index (χ0n) is 12.1. The third-order valence-corrected chi connectivity index (χ3v) is 6.44. The summed E-state index contributed by atoms with van der Waals surface area (Å²) in [5.74, 6) is 0.658. The minimum atomic E-state index is -2.93. The third kappa shape index (κ3) is 3.95. The zero-order chi connectivity index (χ0) is 14.8. The Morgan fingerprint density at radius 1 is 1.40 bits per heavy atom. The SMILES string of the molecule is CC1CCCC(CO)(NC(=O)CC2CCS(=O)(=O)C2)C1. The lowest BCUT2D eigenvalue weighted by Crippen LogP contribution is -2.54. The van der Waals surface area contributed by atoms with Gasteiger partial charge in [-0.05, 0) is 31.1 Å². The second-order valence-electron chi connectivity index (χ2n) is 6.66. The van der Waals surface area contributed by atoms with E-state index in [4.69, 9.17) is 0 Å². The van der Waals surface area contributed by atoms with Gasteiger partial charge in [-0.2, -0.15) is 0 Å². The van der Waals surface area contributed by atoms with Crippen LogP contribution in [-0.4, -0.2) is 43.1 Å². The standard InChI is InChI=1S/C14H25NO4S/c1-11-3-2-5-14(8-11,10-16)15-13(17)7-12-4-6-20(18,19)9-12/h11-12,16H,2-10H2,1H3,(H,15,17). The van der Waals surface area contributed by atoms with Gasteiger partial charge in [-0.3, -0.25) is 4.79 Å². The van der Waals surface area contributed by atoms with E-state index in [0.717, 1.165) is 25.7 Å². The zero-order valence-corrected chi connectivity index (χ0v) is 12.9. The molecule has 2 N–H and O–H groups in total. The van der Waals surface area contributed by atoms with Gasteiger partial charge in [0.05, 0.1) is 23.7 Å². The Kier molecular flexibility index (Phi) is 4.74. The summed E-state index contributed by atoms with van der Waals surface area (Å²) in [6.07, 6.45) is 4.60. The van der Waals surface area contributed by atoms with Crippen molar-refractivity contribution in [3.63, 3.8) is 0 Å². The van der Waals surface area contributed by atoms with Crippen molar-refractivity contribution in [1.29, 1.82) is 0 Å². The van der Waals surface area contributed by atoms with Crippen molar-refractivity contribution in [1.82, 2.24) is 5.32 Å². The number of rotatable bonds is 4. The molecule has 3 atom stereocenters. The summed E-state index contributed by atoms with van der Waals surface area (Å²) in [6, 6.07) is 0. The van der Waals surface area contributed by atoms with Crippen molar-refractivity contribution in [2.45, 2.75) is 51.0 Å². The van der Waals surface area contributed by atoms with E-state index in [2.05, 4.69) is 12.2 Å². The normalized spacial score (nSPS) is 36.7. The molecular weight excluding hydrogens is 278 g/mol. The second kappa shape index (κ2) is 6.02. The van der Waals surface area contributed by atoms with Gasteiger partial charge >= 0.3 is 0 Å². The number of carbonyl (C=O) groups is 1. The Bertz CT molecular complexity index is 462. The van der Waals surface area contributed by atoms with E-state index in [1.54, 1.807) is 0 Å². The number of amides is 1. The fourth-order valence-electron chi connectivity index (χ4n) is 3.60. The first-order valence-corrected chi connectivity index (χ1v) is 9.29. The number of hydrogen-bond acceptors (Lipinski definition) is 4. The molecule has 1 amide bonds. The van der Waals surface area contributed by atoms with Crippen molar-refractivity contribution in [2.75, 3.05) is 18.1 Å². The van der Waals surface area contributed by atoms with Crippen molar-refractivity contribution in [3.8, 4) is 0 Å². The van der Waals surface area contributed by atoms with Crippen LogP contribution in [0.2, 0.25) is 0 Å². The molecule has 6 heteroatoms. The third-order valence-electron chi connectivity index (χ3n) is 4.60. The molecule has 1 saturated carbocycles. The highest BCUT2D eigenvalue weighted by molar-refractivity contribution is 7.91. The van der Waals surface area contributed by atoms with Gasteiger partial charge in [0.2, 0.25) is 5.91 Å². The highest BCUT2D eigenvalue weighted by Crippen LogP contribution is 2.32. The summed E-state index contributed by atoms with van der Waals surface area (Å²) < 4.78 is 22.8. The van der Waals surface area contributed by atoms with Gasteiger partial charge in [-0.15, -0.1) is 0 Å².